The van der Waals surface area contributed by atoms with Crippen molar-refractivity contribution in [1.29, 1.82) is 0 Å². The SMILES string of the molecule is O=C1[C@@H]2CCCN2C(=O)CN1Cc1ccccc1. The molecule has 2 amide bonds. The second-order valence-electron chi connectivity index (χ2n) is 4.93. The predicted molar refractivity (Wildman–Crippen MR) is 66.6 cm³/mol. The number of fused-ring (bicyclic) bond motifs is 1. The highest BCUT2D eigenvalue weighted by Crippen LogP contribution is 2.24. The summed E-state index contributed by atoms with van der Waals surface area (Å²) in [4.78, 5) is 27.7. The van der Waals surface area contributed by atoms with Gasteiger partial charge in [-0.2, -0.15) is 0 Å². The van der Waals surface area contributed by atoms with Gasteiger partial charge in [0.15, 0.2) is 0 Å². The van der Waals surface area contributed by atoms with Gasteiger partial charge in [-0.3, -0.25) is 9.59 Å². The molecule has 2 aliphatic heterocycles. The lowest BCUT2D eigenvalue weighted by Gasteiger charge is -2.36. The quantitative estimate of drug-likeness (QED) is 0.779. The maximum Gasteiger partial charge on any atom is 0.246 e. The zero-order chi connectivity index (χ0) is 12.5. The zero-order valence-corrected chi connectivity index (χ0v) is 10.2. The largest absolute Gasteiger partial charge is 0.329 e. The molecule has 2 aliphatic rings. The van der Waals surface area contributed by atoms with E-state index in [9.17, 15) is 9.59 Å². The van der Waals surface area contributed by atoms with Crippen LogP contribution in [0.5, 0.6) is 0 Å². The topological polar surface area (TPSA) is 40.6 Å². The van der Waals surface area contributed by atoms with Gasteiger partial charge in [0, 0.05) is 13.1 Å². The molecule has 1 aromatic carbocycles. The molecule has 2 heterocycles. The monoisotopic (exact) mass is 244 g/mol. The highest BCUT2D eigenvalue weighted by molar-refractivity contribution is 5.95. The number of rotatable bonds is 2. The van der Waals surface area contributed by atoms with Crippen molar-refractivity contribution in [2.24, 2.45) is 0 Å². The van der Waals surface area contributed by atoms with Crippen LogP contribution in [0.2, 0.25) is 0 Å². The van der Waals surface area contributed by atoms with Crippen LogP contribution in [0.3, 0.4) is 0 Å². The van der Waals surface area contributed by atoms with Crippen molar-refractivity contribution >= 4 is 11.8 Å². The first-order valence-electron chi connectivity index (χ1n) is 6.38. The Morgan fingerprint density at radius 2 is 1.94 bits per heavy atom. The highest BCUT2D eigenvalue weighted by atomic mass is 16.2. The Bertz CT molecular complexity index is 472. The summed E-state index contributed by atoms with van der Waals surface area (Å²) in [5.74, 6) is 0.198. The van der Waals surface area contributed by atoms with Crippen LogP contribution < -0.4 is 0 Å². The Morgan fingerprint density at radius 1 is 1.17 bits per heavy atom. The lowest BCUT2D eigenvalue weighted by Crippen LogP contribution is -2.56. The van der Waals surface area contributed by atoms with E-state index in [0.29, 0.717) is 6.54 Å². The molecular weight excluding hydrogens is 228 g/mol. The van der Waals surface area contributed by atoms with Gasteiger partial charge in [0.05, 0.1) is 0 Å². The number of benzene rings is 1. The first-order valence-corrected chi connectivity index (χ1v) is 6.38. The molecule has 2 fully saturated rings. The van der Waals surface area contributed by atoms with Gasteiger partial charge in [-0.05, 0) is 18.4 Å². The minimum absolute atomic E-state index is 0.0908. The van der Waals surface area contributed by atoms with Gasteiger partial charge in [0.25, 0.3) is 0 Å². The molecule has 4 nitrogen and oxygen atoms in total. The van der Waals surface area contributed by atoms with Gasteiger partial charge in [0.2, 0.25) is 11.8 Å². The number of carbonyl (C=O) groups excluding carboxylic acids is 2. The molecule has 0 aliphatic carbocycles. The van der Waals surface area contributed by atoms with Crippen LogP contribution >= 0.6 is 0 Å². The zero-order valence-electron chi connectivity index (χ0n) is 10.2. The Labute approximate surface area is 106 Å². The van der Waals surface area contributed by atoms with Crippen LogP contribution in [0.1, 0.15) is 18.4 Å². The number of carbonyl (C=O) groups is 2. The maximum atomic E-state index is 12.3. The first kappa shape index (κ1) is 11.3. The molecule has 1 aromatic rings. The molecule has 0 saturated carbocycles. The van der Waals surface area contributed by atoms with E-state index in [1.54, 1.807) is 9.80 Å². The third-order valence-corrected chi connectivity index (χ3v) is 3.71. The van der Waals surface area contributed by atoms with Gasteiger partial charge in [-0.15, -0.1) is 0 Å². The van der Waals surface area contributed by atoms with Gasteiger partial charge >= 0.3 is 0 Å². The molecule has 0 aromatic heterocycles. The fourth-order valence-corrected chi connectivity index (χ4v) is 2.80. The number of hydrogen-bond acceptors (Lipinski definition) is 2. The third kappa shape index (κ3) is 1.88. The second kappa shape index (κ2) is 4.44. The summed E-state index contributed by atoms with van der Waals surface area (Å²) in [5.41, 5.74) is 1.07. The molecule has 1 atom stereocenters. The third-order valence-electron chi connectivity index (χ3n) is 3.71. The Hall–Kier alpha value is -1.84. The molecule has 0 bridgehead atoms. The summed E-state index contributed by atoms with van der Waals surface area (Å²) in [6.45, 7) is 1.51. The average Bonchev–Trinajstić information content (AvgIpc) is 2.87. The van der Waals surface area contributed by atoms with E-state index in [1.165, 1.54) is 0 Å². The van der Waals surface area contributed by atoms with Gasteiger partial charge in [-0.1, -0.05) is 30.3 Å². The minimum Gasteiger partial charge on any atom is -0.329 e. The number of piperazine rings is 1. The van der Waals surface area contributed by atoms with Crippen molar-refractivity contribution in [1.82, 2.24) is 9.80 Å². The Balaban J connectivity index is 1.77. The van der Waals surface area contributed by atoms with Crippen LogP contribution in [0, 0.1) is 0 Å². The summed E-state index contributed by atoms with van der Waals surface area (Å²) in [6.07, 6.45) is 1.76. The lowest BCUT2D eigenvalue weighted by atomic mass is 10.1. The molecule has 0 unspecified atom stereocenters. The van der Waals surface area contributed by atoms with E-state index in [4.69, 9.17) is 0 Å². The Morgan fingerprint density at radius 3 is 2.72 bits per heavy atom. The molecule has 94 valence electrons. The summed E-state index contributed by atoms with van der Waals surface area (Å²) >= 11 is 0. The fourth-order valence-electron chi connectivity index (χ4n) is 2.80. The molecule has 4 heteroatoms. The van der Waals surface area contributed by atoms with E-state index >= 15 is 0 Å². The summed E-state index contributed by atoms with van der Waals surface area (Å²) in [7, 11) is 0. The summed E-state index contributed by atoms with van der Waals surface area (Å²) in [5, 5.41) is 0. The smallest absolute Gasteiger partial charge is 0.246 e. The van der Waals surface area contributed by atoms with Gasteiger partial charge in [0.1, 0.15) is 12.6 Å². The molecule has 18 heavy (non-hydrogen) atoms. The molecule has 0 N–H and O–H groups in total. The first-order chi connectivity index (χ1) is 8.75. The predicted octanol–water partition coefficient (Wildman–Crippen LogP) is 1.02. The maximum absolute atomic E-state index is 12.3. The van der Waals surface area contributed by atoms with Crippen LogP contribution in [0.4, 0.5) is 0 Å². The van der Waals surface area contributed by atoms with Crippen molar-refractivity contribution in [3.8, 4) is 0 Å². The van der Waals surface area contributed by atoms with E-state index in [-0.39, 0.29) is 24.4 Å². The summed E-state index contributed by atoms with van der Waals surface area (Å²) in [6, 6.07) is 9.62. The van der Waals surface area contributed by atoms with E-state index in [1.807, 2.05) is 30.3 Å². The van der Waals surface area contributed by atoms with Crippen LogP contribution in [0.25, 0.3) is 0 Å². The molecule has 0 spiro atoms. The molecule has 0 radical (unpaired) electrons. The highest BCUT2D eigenvalue weighted by Gasteiger charge is 2.41. The van der Waals surface area contributed by atoms with E-state index in [0.717, 1.165) is 24.9 Å². The van der Waals surface area contributed by atoms with Crippen LogP contribution in [0.15, 0.2) is 30.3 Å². The summed E-state index contributed by atoms with van der Waals surface area (Å²) < 4.78 is 0. The molecule has 2 saturated heterocycles. The fraction of sp³-hybridized carbons (Fsp3) is 0.429. The number of nitrogens with zero attached hydrogens (tertiary/aromatic N) is 2. The van der Waals surface area contributed by atoms with Gasteiger partial charge < -0.3 is 9.80 Å². The number of amides is 2. The normalized spacial score (nSPS) is 23.4. The van der Waals surface area contributed by atoms with Crippen LogP contribution in [-0.4, -0.2) is 40.7 Å². The Kier molecular flexibility index (Phi) is 2.78. The molecule has 3 rings (SSSR count). The minimum atomic E-state index is -0.199. The average molecular weight is 244 g/mol. The standard InChI is InChI=1S/C14H16N2O2/c17-13-10-15(9-11-5-2-1-3-6-11)14(18)12-7-4-8-16(12)13/h1-3,5-6,12H,4,7-10H2/t12-/m0/s1. The van der Waals surface area contributed by atoms with Crippen molar-refractivity contribution in [3.63, 3.8) is 0 Å². The van der Waals surface area contributed by atoms with Crippen molar-refractivity contribution in [2.45, 2.75) is 25.4 Å². The number of hydrogen-bond donors (Lipinski definition) is 0. The van der Waals surface area contributed by atoms with E-state index in [2.05, 4.69) is 0 Å². The van der Waals surface area contributed by atoms with E-state index < -0.39 is 0 Å². The van der Waals surface area contributed by atoms with Crippen molar-refractivity contribution in [3.05, 3.63) is 35.9 Å². The van der Waals surface area contributed by atoms with Gasteiger partial charge in [-0.25, -0.2) is 0 Å². The van der Waals surface area contributed by atoms with Crippen LogP contribution in [-0.2, 0) is 16.1 Å². The van der Waals surface area contributed by atoms with Crippen molar-refractivity contribution < 1.29 is 9.59 Å². The second-order valence-corrected chi connectivity index (χ2v) is 4.93. The van der Waals surface area contributed by atoms with Crippen molar-refractivity contribution in [2.75, 3.05) is 13.1 Å². The lowest BCUT2D eigenvalue weighted by molar-refractivity contribution is -0.154. The molecular formula is C14H16N2O2.